The number of fused-ring (bicyclic) bond motifs is 1. The van der Waals surface area contributed by atoms with Gasteiger partial charge in [0.25, 0.3) is 0 Å². The van der Waals surface area contributed by atoms with Gasteiger partial charge in [0, 0.05) is 11.6 Å². The predicted octanol–water partition coefficient (Wildman–Crippen LogP) is 4.36. The van der Waals surface area contributed by atoms with E-state index in [0.29, 0.717) is 11.0 Å². The Balaban J connectivity index is 2.67. The van der Waals surface area contributed by atoms with Crippen molar-refractivity contribution in [1.82, 2.24) is 9.97 Å². The van der Waals surface area contributed by atoms with Crippen LogP contribution in [0.15, 0.2) is 18.3 Å². The first kappa shape index (κ1) is 13.9. The Labute approximate surface area is 114 Å². The molecule has 0 radical (unpaired) electrons. The van der Waals surface area contributed by atoms with Crippen LogP contribution in [0.5, 0.6) is 0 Å². The molecule has 2 aromatic rings. The van der Waals surface area contributed by atoms with E-state index in [4.69, 9.17) is 0 Å². The molecule has 0 aliphatic rings. The molecule has 0 bridgehead atoms. The molecule has 0 saturated heterocycles. The van der Waals surface area contributed by atoms with Gasteiger partial charge in [-0.05, 0) is 23.1 Å². The van der Waals surface area contributed by atoms with Gasteiger partial charge in [0.1, 0.15) is 5.52 Å². The molecule has 0 N–H and O–H groups in total. The third-order valence-electron chi connectivity index (χ3n) is 3.24. The van der Waals surface area contributed by atoms with Gasteiger partial charge in [-0.25, -0.2) is 9.37 Å². The van der Waals surface area contributed by atoms with Crippen molar-refractivity contribution in [2.24, 2.45) is 0 Å². The molecule has 1 heterocycles. The summed E-state index contributed by atoms with van der Waals surface area (Å²) in [5.74, 6) is -0.291. The fourth-order valence-corrected chi connectivity index (χ4v) is 1.87. The summed E-state index contributed by atoms with van der Waals surface area (Å²) in [5, 5.41) is 0. The summed E-state index contributed by atoms with van der Waals surface area (Å²) in [6, 6.07) is 3.50. The van der Waals surface area contributed by atoms with Gasteiger partial charge in [-0.2, -0.15) is 0 Å². The Morgan fingerprint density at radius 2 is 1.58 bits per heavy atom. The highest BCUT2D eigenvalue weighted by molar-refractivity contribution is 5.76. The molecular weight excluding hydrogens is 239 g/mol. The first-order valence-corrected chi connectivity index (χ1v) is 6.56. The van der Waals surface area contributed by atoms with Gasteiger partial charge in [0.05, 0.1) is 11.2 Å². The maximum absolute atomic E-state index is 14.2. The van der Waals surface area contributed by atoms with Gasteiger partial charge in [0.15, 0.2) is 5.82 Å². The summed E-state index contributed by atoms with van der Waals surface area (Å²) in [5.41, 5.74) is 2.51. The van der Waals surface area contributed by atoms with Crippen molar-refractivity contribution in [3.05, 3.63) is 35.4 Å². The minimum Gasteiger partial charge on any atom is -0.253 e. The molecule has 0 atom stereocenters. The van der Waals surface area contributed by atoms with Gasteiger partial charge < -0.3 is 0 Å². The van der Waals surface area contributed by atoms with Crippen LogP contribution in [0.4, 0.5) is 4.39 Å². The Morgan fingerprint density at radius 1 is 0.947 bits per heavy atom. The average Bonchev–Trinajstić information content (AvgIpc) is 2.26. The predicted molar refractivity (Wildman–Crippen MR) is 76.9 cm³/mol. The van der Waals surface area contributed by atoms with E-state index in [9.17, 15) is 4.39 Å². The lowest BCUT2D eigenvalue weighted by Crippen LogP contribution is -2.15. The van der Waals surface area contributed by atoms with Crippen molar-refractivity contribution in [2.45, 2.75) is 52.4 Å². The van der Waals surface area contributed by atoms with E-state index >= 15 is 0 Å². The summed E-state index contributed by atoms with van der Waals surface area (Å²) in [4.78, 5) is 8.81. The van der Waals surface area contributed by atoms with Crippen LogP contribution in [-0.2, 0) is 10.8 Å². The number of rotatable bonds is 0. The molecule has 1 aromatic carbocycles. The third kappa shape index (κ3) is 2.75. The Morgan fingerprint density at radius 3 is 2.11 bits per heavy atom. The number of halogens is 1. The van der Waals surface area contributed by atoms with Gasteiger partial charge >= 0.3 is 0 Å². The van der Waals surface area contributed by atoms with Crippen LogP contribution >= 0.6 is 0 Å². The van der Waals surface area contributed by atoms with Crippen molar-refractivity contribution in [3.8, 4) is 0 Å². The van der Waals surface area contributed by atoms with Crippen molar-refractivity contribution >= 4 is 11.0 Å². The second kappa shape index (κ2) is 4.26. The minimum atomic E-state index is -0.291. The van der Waals surface area contributed by atoms with E-state index in [1.807, 2.05) is 26.8 Å². The summed E-state index contributed by atoms with van der Waals surface area (Å²) in [6.07, 6.45) is 1.74. The maximum atomic E-state index is 14.2. The molecule has 2 nitrogen and oxygen atoms in total. The summed E-state index contributed by atoms with van der Waals surface area (Å²) < 4.78 is 14.2. The quantitative estimate of drug-likeness (QED) is 0.703. The molecule has 102 valence electrons. The number of hydrogen-bond donors (Lipinski definition) is 0. The molecule has 1 aromatic heterocycles. The number of nitrogens with zero attached hydrogens (tertiary/aromatic N) is 2. The lowest BCUT2D eigenvalue weighted by atomic mass is 9.86. The highest BCUT2D eigenvalue weighted by Gasteiger charge is 2.20. The van der Waals surface area contributed by atoms with Gasteiger partial charge in [0.2, 0.25) is 0 Å². The zero-order valence-electron chi connectivity index (χ0n) is 12.5. The highest BCUT2D eigenvalue weighted by Crippen LogP contribution is 2.28. The maximum Gasteiger partial charge on any atom is 0.151 e. The van der Waals surface area contributed by atoms with Crippen LogP contribution in [0, 0.1) is 5.82 Å². The smallest absolute Gasteiger partial charge is 0.151 e. The SMILES string of the molecule is CC(C)(C)c1cc(F)c2nc(C(C)(C)C)cnc2c1. The Bertz CT molecular complexity index is 619. The van der Waals surface area contributed by atoms with E-state index in [1.165, 1.54) is 0 Å². The van der Waals surface area contributed by atoms with Crippen molar-refractivity contribution in [3.63, 3.8) is 0 Å². The fraction of sp³-hybridized carbons (Fsp3) is 0.500. The van der Waals surface area contributed by atoms with Crippen LogP contribution < -0.4 is 0 Å². The van der Waals surface area contributed by atoms with Crippen LogP contribution in [-0.4, -0.2) is 9.97 Å². The van der Waals surface area contributed by atoms with Crippen molar-refractivity contribution < 1.29 is 4.39 Å². The molecule has 0 fully saturated rings. The fourth-order valence-electron chi connectivity index (χ4n) is 1.87. The largest absolute Gasteiger partial charge is 0.253 e. The van der Waals surface area contributed by atoms with Crippen LogP contribution in [0.2, 0.25) is 0 Å². The third-order valence-corrected chi connectivity index (χ3v) is 3.24. The summed E-state index contributed by atoms with van der Waals surface area (Å²) in [6.45, 7) is 12.3. The zero-order valence-corrected chi connectivity index (χ0v) is 12.5. The Kier molecular flexibility index (Phi) is 3.12. The molecule has 0 aliphatic carbocycles. The van der Waals surface area contributed by atoms with Crippen LogP contribution in [0.25, 0.3) is 11.0 Å². The molecule has 0 saturated carbocycles. The molecule has 0 spiro atoms. The van der Waals surface area contributed by atoms with E-state index in [2.05, 4.69) is 30.7 Å². The second-order valence-electron chi connectivity index (χ2n) is 7.08. The molecule has 0 unspecified atom stereocenters. The van der Waals surface area contributed by atoms with Gasteiger partial charge in [-0.1, -0.05) is 41.5 Å². The lowest BCUT2D eigenvalue weighted by molar-refractivity contribution is 0.561. The lowest BCUT2D eigenvalue weighted by Gasteiger charge is -2.21. The van der Waals surface area contributed by atoms with E-state index < -0.39 is 0 Å². The van der Waals surface area contributed by atoms with Crippen molar-refractivity contribution in [1.29, 1.82) is 0 Å². The molecule has 0 aliphatic heterocycles. The van der Waals surface area contributed by atoms with Gasteiger partial charge in [-0.3, -0.25) is 4.98 Å². The van der Waals surface area contributed by atoms with Gasteiger partial charge in [-0.15, -0.1) is 0 Å². The van der Waals surface area contributed by atoms with E-state index in [1.54, 1.807) is 12.3 Å². The number of aromatic nitrogens is 2. The first-order chi connectivity index (χ1) is 8.59. The first-order valence-electron chi connectivity index (χ1n) is 6.56. The number of benzene rings is 1. The van der Waals surface area contributed by atoms with E-state index in [-0.39, 0.29) is 16.6 Å². The summed E-state index contributed by atoms with van der Waals surface area (Å²) in [7, 11) is 0. The standard InChI is InChI=1S/C16H21FN2/c1-15(2,3)10-7-11(17)14-12(8-10)18-9-13(19-14)16(4,5)6/h7-9H,1-6H3. The highest BCUT2D eigenvalue weighted by atomic mass is 19.1. The zero-order chi connectivity index (χ0) is 14.4. The summed E-state index contributed by atoms with van der Waals surface area (Å²) >= 11 is 0. The van der Waals surface area contributed by atoms with Crippen molar-refractivity contribution in [2.75, 3.05) is 0 Å². The molecule has 19 heavy (non-hydrogen) atoms. The normalized spacial score (nSPS) is 13.0. The molecular formula is C16H21FN2. The minimum absolute atomic E-state index is 0.0978. The average molecular weight is 260 g/mol. The van der Waals surface area contributed by atoms with E-state index in [0.717, 1.165) is 11.3 Å². The monoisotopic (exact) mass is 260 g/mol. The topological polar surface area (TPSA) is 25.8 Å². The molecule has 3 heteroatoms. The second-order valence-corrected chi connectivity index (χ2v) is 7.08. The Hall–Kier alpha value is -1.51. The number of hydrogen-bond acceptors (Lipinski definition) is 2. The molecule has 2 rings (SSSR count). The molecule has 0 amide bonds. The van der Waals surface area contributed by atoms with Crippen LogP contribution in [0.3, 0.4) is 0 Å². The van der Waals surface area contributed by atoms with Crippen LogP contribution in [0.1, 0.15) is 52.8 Å².